The first-order valence-electron chi connectivity index (χ1n) is 7.26. The van der Waals surface area contributed by atoms with Gasteiger partial charge in [0, 0.05) is 36.8 Å². The lowest BCUT2D eigenvalue weighted by Gasteiger charge is -2.31. The Labute approximate surface area is 138 Å². The molecule has 1 amide bonds. The van der Waals surface area contributed by atoms with Crippen LogP contribution in [-0.4, -0.2) is 34.4 Å². The van der Waals surface area contributed by atoms with Gasteiger partial charge in [-0.2, -0.15) is 0 Å². The Balaban J connectivity index is 2.59. The molecule has 0 aromatic heterocycles. The number of carbonyl (C=O) groups excluding carboxylic acids is 1. The molecular weight excluding hydrogens is 314 g/mol. The van der Waals surface area contributed by atoms with Crippen LogP contribution in [0.4, 0.5) is 5.69 Å². The molecule has 0 fully saturated rings. The van der Waals surface area contributed by atoms with Gasteiger partial charge in [-0.25, -0.2) is 4.79 Å². The second-order valence-corrected chi connectivity index (χ2v) is 5.26. The highest BCUT2D eigenvalue weighted by Gasteiger charge is 2.33. The summed E-state index contributed by atoms with van der Waals surface area (Å²) < 4.78 is 0. The Bertz CT molecular complexity index is 737. The first-order chi connectivity index (χ1) is 11.4. The van der Waals surface area contributed by atoms with Crippen LogP contribution in [0.25, 0.3) is 0 Å². The minimum atomic E-state index is -1.10. The second-order valence-electron chi connectivity index (χ2n) is 5.26. The molecule has 1 aromatic rings. The van der Waals surface area contributed by atoms with E-state index < -0.39 is 16.8 Å². The van der Waals surface area contributed by atoms with Crippen molar-refractivity contribution in [1.82, 2.24) is 10.2 Å². The Morgan fingerprint density at radius 2 is 2.04 bits per heavy atom. The highest BCUT2D eigenvalue weighted by Crippen LogP contribution is 2.37. The summed E-state index contributed by atoms with van der Waals surface area (Å²) in [4.78, 5) is 34.5. The van der Waals surface area contributed by atoms with Gasteiger partial charge in [0.2, 0.25) is 6.41 Å². The third-order valence-electron chi connectivity index (χ3n) is 3.89. The van der Waals surface area contributed by atoms with Gasteiger partial charge in [0.15, 0.2) is 0 Å². The van der Waals surface area contributed by atoms with E-state index in [1.807, 2.05) is 6.92 Å². The molecule has 2 rings (SSSR count). The molecule has 1 aliphatic rings. The zero-order chi connectivity index (χ0) is 17.9. The number of nitrogens with zero attached hydrogens (tertiary/aromatic N) is 2. The molecule has 1 aromatic carbocycles. The van der Waals surface area contributed by atoms with Crippen LogP contribution in [0, 0.1) is 10.1 Å². The largest absolute Gasteiger partial charge is 0.478 e. The average molecular weight is 331 g/mol. The first-order valence-corrected chi connectivity index (χ1v) is 7.26. The molecule has 1 heterocycles. The van der Waals surface area contributed by atoms with Crippen LogP contribution < -0.4 is 5.32 Å². The van der Waals surface area contributed by atoms with Crippen molar-refractivity contribution in [3.8, 4) is 0 Å². The van der Waals surface area contributed by atoms with E-state index in [-0.39, 0.29) is 11.3 Å². The van der Waals surface area contributed by atoms with Crippen molar-refractivity contribution in [3.05, 3.63) is 63.1 Å². The van der Waals surface area contributed by atoms with Gasteiger partial charge in [-0.15, -0.1) is 0 Å². The normalized spacial score (nSPS) is 16.9. The van der Waals surface area contributed by atoms with Gasteiger partial charge in [0.25, 0.3) is 5.69 Å². The summed E-state index contributed by atoms with van der Waals surface area (Å²) in [6, 6.07) is 5.66. The molecule has 8 heteroatoms. The quantitative estimate of drug-likeness (QED) is 0.468. The number of nitro groups is 1. The van der Waals surface area contributed by atoms with Gasteiger partial charge < -0.3 is 15.3 Å². The van der Waals surface area contributed by atoms with Crippen LogP contribution >= 0.6 is 0 Å². The lowest BCUT2D eigenvalue weighted by molar-refractivity contribution is -0.384. The average Bonchev–Trinajstić information content (AvgIpc) is 2.59. The summed E-state index contributed by atoms with van der Waals surface area (Å²) in [5, 5.41) is 23.4. The molecule has 1 aliphatic heterocycles. The van der Waals surface area contributed by atoms with E-state index in [9.17, 15) is 24.8 Å². The molecule has 2 N–H and O–H groups in total. The number of nitrogens with one attached hydrogen (secondary N) is 1. The SMILES string of the molecule is CCC1=C(C(=O)O)C(c2ccc([N+](=O)[O-])cc2)C(N(C)C=O)=CN1. The Morgan fingerprint density at radius 3 is 2.50 bits per heavy atom. The zero-order valence-corrected chi connectivity index (χ0v) is 13.2. The maximum absolute atomic E-state index is 11.8. The van der Waals surface area contributed by atoms with Gasteiger partial charge in [0.1, 0.15) is 0 Å². The molecule has 24 heavy (non-hydrogen) atoms. The number of benzene rings is 1. The Morgan fingerprint density at radius 1 is 1.42 bits per heavy atom. The molecule has 1 atom stereocenters. The molecule has 126 valence electrons. The third-order valence-corrected chi connectivity index (χ3v) is 3.89. The van der Waals surface area contributed by atoms with Crippen LogP contribution in [0.5, 0.6) is 0 Å². The van der Waals surface area contributed by atoms with Crippen molar-refractivity contribution in [2.24, 2.45) is 0 Å². The number of non-ortho nitro benzene ring substituents is 1. The maximum atomic E-state index is 11.8. The summed E-state index contributed by atoms with van der Waals surface area (Å²) >= 11 is 0. The monoisotopic (exact) mass is 331 g/mol. The number of hydrogen-bond acceptors (Lipinski definition) is 5. The van der Waals surface area contributed by atoms with Gasteiger partial charge >= 0.3 is 5.97 Å². The van der Waals surface area contributed by atoms with Crippen LogP contribution in [0.15, 0.2) is 47.4 Å². The van der Waals surface area contributed by atoms with Crippen LogP contribution in [0.2, 0.25) is 0 Å². The lowest BCUT2D eigenvalue weighted by atomic mass is 9.84. The summed E-state index contributed by atoms with van der Waals surface area (Å²) in [7, 11) is 1.52. The summed E-state index contributed by atoms with van der Waals surface area (Å²) in [5.74, 6) is -1.80. The lowest BCUT2D eigenvalue weighted by Crippen LogP contribution is -2.32. The standard InChI is InChI=1S/C16H17N3O5/c1-3-12-15(16(21)22)14(13(8-17-12)18(2)9-20)10-4-6-11(7-5-10)19(23)24/h4-9,14,17H,3H2,1-2H3,(H,21,22). The number of allylic oxidation sites excluding steroid dienone is 2. The van der Waals surface area contributed by atoms with E-state index in [2.05, 4.69) is 5.32 Å². The predicted octanol–water partition coefficient (Wildman–Crippen LogP) is 1.96. The number of nitro benzene ring substituents is 1. The van der Waals surface area contributed by atoms with Crippen LogP contribution in [0.1, 0.15) is 24.8 Å². The number of amides is 1. The highest BCUT2D eigenvalue weighted by molar-refractivity contribution is 5.91. The van der Waals surface area contributed by atoms with E-state index >= 15 is 0 Å². The van der Waals surface area contributed by atoms with Gasteiger partial charge in [-0.05, 0) is 12.0 Å². The Kier molecular flexibility index (Phi) is 4.98. The fraction of sp³-hybridized carbons (Fsp3) is 0.250. The summed E-state index contributed by atoms with van der Waals surface area (Å²) in [6.45, 7) is 1.82. The van der Waals surface area contributed by atoms with Gasteiger partial charge in [-0.3, -0.25) is 14.9 Å². The predicted molar refractivity (Wildman–Crippen MR) is 85.8 cm³/mol. The fourth-order valence-electron chi connectivity index (χ4n) is 2.68. The van der Waals surface area contributed by atoms with Crippen molar-refractivity contribution in [3.63, 3.8) is 0 Å². The summed E-state index contributed by atoms with van der Waals surface area (Å²) in [5.41, 5.74) is 1.59. The van der Waals surface area contributed by atoms with E-state index in [1.54, 1.807) is 6.20 Å². The van der Waals surface area contributed by atoms with Crippen molar-refractivity contribution >= 4 is 18.1 Å². The molecule has 0 saturated carbocycles. The number of rotatable bonds is 6. The number of carboxylic acids is 1. The van der Waals surface area contributed by atoms with E-state index in [0.29, 0.717) is 29.8 Å². The molecule has 0 bridgehead atoms. The second kappa shape index (κ2) is 6.95. The topological polar surface area (TPSA) is 113 Å². The van der Waals surface area contributed by atoms with Gasteiger partial charge in [-0.1, -0.05) is 19.1 Å². The fourth-order valence-corrected chi connectivity index (χ4v) is 2.68. The number of dihydropyridines is 1. The number of carboxylic acid groups (broad SMARTS) is 1. The van der Waals surface area contributed by atoms with Crippen molar-refractivity contribution < 1.29 is 19.6 Å². The minimum Gasteiger partial charge on any atom is -0.478 e. The highest BCUT2D eigenvalue weighted by atomic mass is 16.6. The molecule has 8 nitrogen and oxygen atoms in total. The van der Waals surface area contributed by atoms with E-state index in [1.165, 1.54) is 36.2 Å². The molecule has 0 radical (unpaired) electrons. The van der Waals surface area contributed by atoms with Crippen LogP contribution in [0.3, 0.4) is 0 Å². The van der Waals surface area contributed by atoms with Crippen molar-refractivity contribution in [1.29, 1.82) is 0 Å². The van der Waals surface area contributed by atoms with Crippen molar-refractivity contribution in [2.45, 2.75) is 19.3 Å². The summed E-state index contributed by atoms with van der Waals surface area (Å²) in [6.07, 6.45) is 2.65. The number of carbonyl (C=O) groups is 2. The molecule has 1 unspecified atom stereocenters. The smallest absolute Gasteiger partial charge is 0.334 e. The van der Waals surface area contributed by atoms with Gasteiger partial charge in [0.05, 0.1) is 16.4 Å². The maximum Gasteiger partial charge on any atom is 0.334 e. The third kappa shape index (κ3) is 3.12. The molecule has 0 spiro atoms. The first kappa shape index (κ1) is 17.2. The van der Waals surface area contributed by atoms with Crippen molar-refractivity contribution in [2.75, 3.05) is 7.05 Å². The minimum absolute atomic E-state index is 0.0847. The molecule has 0 aliphatic carbocycles. The number of likely N-dealkylation sites (N-methyl/N-ethyl adjacent to an activating group) is 1. The number of aliphatic carboxylic acids is 1. The van der Waals surface area contributed by atoms with Crippen LogP contribution in [-0.2, 0) is 9.59 Å². The number of hydrogen-bond donors (Lipinski definition) is 2. The zero-order valence-electron chi connectivity index (χ0n) is 13.2. The van der Waals surface area contributed by atoms with E-state index in [0.717, 1.165) is 0 Å². The van der Waals surface area contributed by atoms with E-state index in [4.69, 9.17) is 0 Å². The molecular formula is C16H17N3O5. The molecule has 0 saturated heterocycles. The Hall–Kier alpha value is -3.16.